The fraction of sp³-hybridized carbons (Fsp3) is 0.533. The van der Waals surface area contributed by atoms with E-state index in [9.17, 15) is 9.18 Å². The summed E-state index contributed by atoms with van der Waals surface area (Å²) in [4.78, 5) is 14.0. The number of nitrogens with zero attached hydrogens (tertiary/aromatic N) is 1. The van der Waals surface area contributed by atoms with Crippen molar-refractivity contribution in [1.82, 2.24) is 4.90 Å². The van der Waals surface area contributed by atoms with Gasteiger partial charge in [0.05, 0.1) is 6.04 Å². The molecule has 0 heterocycles. The van der Waals surface area contributed by atoms with E-state index in [1.807, 2.05) is 33.8 Å². The van der Waals surface area contributed by atoms with Gasteiger partial charge in [0, 0.05) is 12.6 Å². The molecular weight excluding hydrogens is 243 g/mol. The zero-order valence-electron chi connectivity index (χ0n) is 12.1. The number of carbonyl (C=O) groups is 1. The fourth-order valence-corrected chi connectivity index (χ4v) is 1.82. The molecule has 1 unspecified atom stereocenters. The Labute approximate surface area is 114 Å². The predicted octanol–water partition coefficient (Wildman–Crippen LogP) is 2.55. The summed E-state index contributed by atoms with van der Waals surface area (Å²) >= 11 is 0. The van der Waals surface area contributed by atoms with Crippen LogP contribution in [0.4, 0.5) is 4.39 Å². The van der Waals surface area contributed by atoms with E-state index in [-0.39, 0.29) is 23.7 Å². The third-order valence-corrected chi connectivity index (χ3v) is 3.15. The van der Waals surface area contributed by atoms with Crippen LogP contribution < -0.4 is 5.73 Å². The molecule has 1 aromatic rings. The molecule has 0 saturated carbocycles. The minimum Gasteiger partial charge on any atom is -0.335 e. The minimum atomic E-state index is -0.518. The predicted molar refractivity (Wildman–Crippen MR) is 74.9 cm³/mol. The van der Waals surface area contributed by atoms with Crippen molar-refractivity contribution in [3.63, 3.8) is 0 Å². The van der Waals surface area contributed by atoms with Gasteiger partial charge < -0.3 is 10.6 Å². The van der Waals surface area contributed by atoms with Crippen molar-refractivity contribution in [2.24, 2.45) is 11.7 Å². The molecule has 4 heteroatoms. The lowest BCUT2D eigenvalue weighted by Gasteiger charge is -2.30. The largest absolute Gasteiger partial charge is 0.335 e. The van der Waals surface area contributed by atoms with E-state index in [1.54, 1.807) is 11.0 Å². The van der Waals surface area contributed by atoms with Crippen LogP contribution in [-0.4, -0.2) is 22.9 Å². The van der Waals surface area contributed by atoms with Crippen molar-refractivity contribution < 1.29 is 9.18 Å². The summed E-state index contributed by atoms with van der Waals surface area (Å²) < 4.78 is 13.2. The van der Waals surface area contributed by atoms with Crippen LogP contribution in [-0.2, 0) is 11.3 Å². The van der Waals surface area contributed by atoms with Crippen molar-refractivity contribution in [2.45, 2.75) is 46.3 Å². The molecule has 0 spiro atoms. The lowest BCUT2D eigenvalue weighted by Crippen LogP contribution is -2.48. The summed E-state index contributed by atoms with van der Waals surface area (Å²) in [5.41, 5.74) is 6.69. The zero-order valence-corrected chi connectivity index (χ0v) is 12.1. The van der Waals surface area contributed by atoms with Gasteiger partial charge in [0.1, 0.15) is 5.82 Å². The standard InChI is InChI=1S/C15H23FN2O/c1-10(2)14(17)15(19)18(11(3)4)9-12-6-5-7-13(16)8-12/h5-8,10-11,14H,9,17H2,1-4H3. The average molecular weight is 266 g/mol. The third kappa shape index (κ3) is 4.31. The van der Waals surface area contributed by atoms with Crippen LogP contribution in [0.5, 0.6) is 0 Å². The Morgan fingerprint density at radius 1 is 1.32 bits per heavy atom. The number of nitrogens with two attached hydrogens (primary N) is 1. The number of amides is 1. The summed E-state index contributed by atoms with van der Waals surface area (Å²) in [6, 6.07) is 5.81. The van der Waals surface area contributed by atoms with E-state index in [4.69, 9.17) is 5.73 Å². The molecular formula is C15H23FN2O. The molecule has 0 aromatic heterocycles. The number of hydrogen-bond donors (Lipinski definition) is 1. The molecule has 0 bridgehead atoms. The minimum absolute atomic E-state index is 0.0283. The Morgan fingerprint density at radius 2 is 1.95 bits per heavy atom. The summed E-state index contributed by atoms with van der Waals surface area (Å²) in [5, 5.41) is 0. The molecule has 0 aliphatic carbocycles. The second kappa shape index (κ2) is 6.66. The van der Waals surface area contributed by atoms with Gasteiger partial charge >= 0.3 is 0 Å². The van der Waals surface area contributed by atoms with Gasteiger partial charge in [-0.3, -0.25) is 4.79 Å². The summed E-state index contributed by atoms with van der Waals surface area (Å²) in [6.45, 7) is 8.09. The Morgan fingerprint density at radius 3 is 2.42 bits per heavy atom. The average Bonchev–Trinajstić information content (AvgIpc) is 2.33. The van der Waals surface area contributed by atoms with Crippen molar-refractivity contribution >= 4 is 5.91 Å². The van der Waals surface area contributed by atoms with Gasteiger partial charge in [-0.1, -0.05) is 26.0 Å². The quantitative estimate of drug-likeness (QED) is 0.890. The van der Waals surface area contributed by atoms with E-state index in [0.29, 0.717) is 6.54 Å². The van der Waals surface area contributed by atoms with Gasteiger partial charge in [0.15, 0.2) is 0 Å². The highest BCUT2D eigenvalue weighted by molar-refractivity contribution is 5.82. The maximum Gasteiger partial charge on any atom is 0.240 e. The molecule has 1 aromatic carbocycles. The van der Waals surface area contributed by atoms with Gasteiger partial charge in [-0.25, -0.2) is 4.39 Å². The van der Waals surface area contributed by atoms with Crippen LogP contribution >= 0.6 is 0 Å². The Kier molecular flexibility index (Phi) is 5.48. The summed E-state index contributed by atoms with van der Waals surface area (Å²) in [6.07, 6.45) is 0. The number of benzene rings is 1. The summed E-state index contributed by atoms with van der Waals surface area (Å²) in [7, 11) is 0. The monoisotopic (exact) mass is 266 g/mol. The second-order valence-corrected chi connectivity index (χ2v) is 5.46. The third-order valence-electron chi connectivity index (χ3n) is 3.15. The van der Waals surface area contributed by atoms with Crippen molar-refractivity contribution in [2.75, 3.05) is 0 Å². The molecule has 0 aliphatic rings. The lowest BCUT2D eigenvalue weighted by molar-refractivity contribution is -0.136. The SMILES string of the molecule is CC(C)C(N)C(=O)N(Cc1cccc(F)c1)C(C)C. The van der Waals surface area contributed by atoms with E-state index in [2.05, 4.69) is 0 Å². The van der Waals surface area contributed by atoms with Gasteiger partial charge in [0.2, 0.25) is 5.91 Å². The molecule has 19 heavy (non-hydrogen) atoms. The van der Waals surface area contributed by atoms with Crippen molar-refractivity contribution in [3.8, 4) is 0 Å². The van der Waals surface area contributed by atoms with Crippen LogP contribution in [0.3, 0.4) is 0 Å². The molecule has 1 rings (SSSR count). The zero-order chi connectivity index (χ0) is 14.6. The van der Waals surface area contributed by atoms with Crippen LogP contribution in [0.25, 0.3) is 0 Å². The van der Waals surface area contributed by atoms with Crippen LogP contribution in [0.15, 0.2) is 24.3 Å². The smallest absolute Gasteiger partial charge is 0.240 e. The van der Waals surface area contributed by atoms with Gasteiger partial charge in [-0.15, -0.1) is 0 Å². The van der Waals surface area contributed by atoms with Crippen LogP contribution in [0, 0.1) is 11.7 Å². The fourth-order valence-electron chi connectivity index (χ4n) is 1.82. The van der Waals surface area contributed by atoms with E-state index in [0.717, 1.165) is 5.56 Å². The van der Waals surface area contributed by atoms with E-state index < -0.39 is 6.04 Å². The van der Waals surface area contributed by atoms with Crippen molar-refractivity contribution in [3.05, 3.63) is 35.6 Å². The van der Waals surface area contributed by atoms with Crippen LogP contribution in [0.1, 0.15) is 33.3 Å². The van der Waals surface area contributed by atoms with Gasteiger partial charge in [-0.05, 0) is 37.5 Å². The van der Waals surface area contributed by atoms with E-state index >= 15 is 0 Å². The number of hydrogen-bond acceptors (Lipinski definition) is 2. The molecule has 3 nitrogen and oxygen atoms in total. The molecule has 0 saturated heterocycles. The lowest BCUT2D eigenvalue weighted by atomic mass is 10.0. The van der Waals surface area contributed by atoms with Crippen molar-refractivity contribution in [1.29, 1.82) is 0 Å². The Bertz CT molecular complexity index is 432. The van der Waals surface area contributed by atoms with Gasteiger partial charge in [0.25, 0.3) is 0 Å². The number of halogens is 1. The molecule has 0 radical (unpaired) electrons. The van der Waals surface area contributed by atoms with E-state index in [1.165, 1.54) is 12.1 Å². The Hall–Kier alpha value is -1.42. The first kappa shape index (κ1) is 15.6. The molecule has 0 aliphatic heterocycles. The highest BCUT2D eigenvalue weighted by Gasteiger charge is 2.25. The summed E-state index contributed by atoms with van der Waals surface area (Å²) in [5.74, 6) is -0.294. The maximum atomic E-state index is 13.2. The molecule has 2 N–H and O–H groups in total. The maximum absolute atomic E-state index is 13.2. The first-order chi connectivity index (χ1) is 8.82. The number of rotatable bonds is 5. The van der Waals surface area contributed by atoms with Crippen LogP contribution in [0.2, 0.25) is 0 Å². The number of carbonyl (C=O) groups excluding carboxylic acids is 1. The topological polar surface area (TPSA) is 46.3 Å². The highest BCUT2D eigenvalue weighted by atomic mass is 19.1. The Balaban J connectivity index is 2.87. The second-order valence-electron chi connectivity index (χ2n) is 5.46. The normalized spacial score (nSPS) is 12.8. The first-order valence-corrected chi connectivity index (χ1v) is 6.63. The first-order valence-electron chi connectivity index (χ1n) is 6.63. The highest BCUT2D eigenvalue weighted by Crippen LogP contribution is 2.13. The molecule has 1 atom stereocenters. The molecule has 1 amide bonds. The molecule has 106 valence electrons. The molecule has 0 fully saturated rings. The van der Waals surface area contributed by atoms with Gasteiger partial charge in [-0.2, -0.15) is 0 Å².